The van der Waals surface area contributed by atoms with Crippen LogP contribution in [0.15, 0.2) is 41.0 Å². The Bertz CT molecular complexity index is 682. The molecule has 0 saturated carbocycles. The first kappa shape index (κ1) is 16.6. The number of furan rings is 1. The molecule has 1 saturated heterocycles. The maximum absolute atomic E-state index is 12.1. The minimum Gasteiger partial charge on any atom is -0.468 e. The number of nitrogens with zero attached hydrogens (tertiary/aromatic N) is 1. The Hall–Kier alpha value is -2.27. The highest BCUT2D eigenvalue weighted by atomic mass is 16.3. The van der Waals surface area contributed by atoms with Crippen LogP contribution in [0.5, 0.6) is 0 Å². The number of benzene rings is 1. The van der Waals surface area contributed by atoms with Gasteiger partial charge in [-0.2, -0.15) is 0 Å². The Morgan fingerprint density at radius 2 is 2.17 bits per heavy atom. The molecule has 1 fully saturated rings. The lowest BCUT2D eigenvalue weighted by Gasteiger charge is -2.15. The summed E-state index contributed by atoms with van der Waals surface area (Å²) in [5.41, 5.74) is 3.24. The van der Waals surface area contributed by atoms with Crippen molar-refractivity contribution in [2.75, 3.05) is 25.0 Å². The van der Waals surface area contributed by atoms with Crippen LogP contribution in [0.1, 0.15) is 23.3 Å². The number of urea groups is 1. The summed E-state index contributed by atoms with van der Waals surface area (Å²) in [6.07, 6.45) is 2.81. The third-order valence-corrected chi connectivity index (χ3v) is 4.65. The van der Waals surface area contributed by atoms with E-state index in [4.69, 9.17) is 4.42 Å². The van der Waals surface area contributed by atoms with Crippen molar-refractivity contribution < 1.29 is 9.21 Å². The van der Waals surface area contributed by atoms with Crippen LogP contribution in [0.25, 0.3) is 0 Å². The first-order chi connectivity index (χ1) is 11.6. The Kier molecular flexibility index (Phi) is 5.20. The highest BCUT2D eigenvalue weighted by Crippen LogP contribution is 2.18. The number of amides is 2. The Morgan fingerprint density at radius 3 is 2.92 bits per heavy atom. The first-order valence-electron chi connectivity index (χ1n) is 8.47. The molecule has 3 rings (SSSR count). The van der Waals surface area contributed by atoms with E-state index in [2.05, 4.69) is 22.5 Å². The second-order valence-electron chi connectivity index (χ2n) is 6.60. The molecule has 0 radical (unpaired) electrons. The van der Waals surface area contributed by atoms with Crippen molar-refractivity contribution >= 4 is 11.7 Å². The average molecular weight is 327 g/mol. The van der Waals surface area contributed by atoms with E-state index in [0.717, 1.165) is 37.5 Å². The molecule has 0 spiro atoms. The van der Waals surface area contributed by atoms with Crippen LogP contribution in [0.2, 0.25) is 0 Å². The van der Waals surface area contributed by atoms with Crippen molar-refractivity contribution in [1.29, 1.82) is 0 Å². The van der Waals surface area contributed by atoms with Gasteiger partial charge in [0.2, 0.25) is 0 Å². The number of carbonyl (C=O) groups excluding carboxylic acids is 1. The van der Waals surface area contributed by atoms with Gasteiger partial charge in [0.1, 0.15) is 5.76 Å². The molecule has 1 aliphatic rings. The van der Waals surface area contributed by atoms with Gasteiger partial charge in [0.15, 0.2) is 0 Å². The number of aryl methyl sites for hydroxylation is 2. The fraction of sp³-hybridized carbons (Fsp3) is 0.421. The Labute approximate surface area is 143 Å². The number of likely N-dealkylation sites (tertiary alicyclic amines) is 1. The molecule has 2 amide bonds. The van der Waals surface area contributed by atoms with E-state index in [1.54, 1.807) is 6.26 Å². The van der Waals surface area contributed by atoms with Crippen molar-refractivity contribution in [3.05, 3.63) is 53.5 Å². The van der Waals surface area contributed by atoms with Gasteiger partial charge in [-0.15, -0.1) is 0 Å². The number of nitrogens with one attached hydrogen (secondary N) is 2. The van der Waals surface area contributed by atoms with Crippen molar-refractivity contribution in [1.82, 2.24) is 10.2 Å². The van der Waals surface area contributed by atoms with E-state index in [1.807, 2.05) is 37.3 Å². The minimum atomic E-state index is -0.136. The summed E-state index contributed by atoms with van der Waals surface area (Å²) >= 11 is 0. The SMILES string of the molecule is Cc1ccc(NC(=O)NCC2CCN(Cc3ccco3)C2)cc1C. The summed E-state index contributed by atoms with van der Waals surface area (Å²) < 4.78 is 5.39. The van der Waals surface area contributed by atoms with E-state index in [9.17, 15) is 4.79 Å². The van der Waals surface area contributed by atoms with Crippen molar-refractivity contribution in [2.45, 2.75) is 26.8 Å². The van der Waals surface area contributed by atoms with E-state index < -0.39 is 0 Å². The van der Waals surface area contributed by atoms with Crippen LogP contribution in [0.4, 0.5) is 10.5 Å². The maximum Gasteiger partial charge on any atom is 0.319 e. The molecule has 5 nitrogen and oxygen atoms in total. The molecule has 5 heteroatoms. The molecule has 128 valence electrons. The Balaban J connectivity index is 1.41. The third kappa shape index (κ3) is 4.38. The second-order valence-corrected chi connectivity index (χ2v) is 6.60. The average Bonchev–Trinajstić information content (AvgIpc) is 3.21. The molecule has 2 heterocycles. The summed E-state index contributed by atoms with van der Waals surface area (Å²) in [5.74, 6) is 1.49. The molecule has 1 aromatic carbocycles. The van der Waals surface area contributed by atoms with E-state index in [1.165, 1.54) is 11.1 Å². The molecule has 0 bridgehead atoms. The largest absolute Gasteiger partial charge is 0.468 e. The summed E-state index contributed by atoms with van der Waals surface area (Å²) in [6, 6.07) is 9.74. The first-order valence-corrected chi connectivity index (χ1v) is 8.47. The summed E-state index contributed by atoms with van der Waals surface area (Å²) in [7, 11) is 0. The highest BCUT2D eigenvalue weighted by Gasteiger charge is 2.23. The van der Waals surface area contributed by atoms with E-state index in [0.29, 0.717) is 12.5 Å². The molecule has 1 atom stereocenters. The zero-order valence-corrected chi connectivity index (χ0v) is 14.3. The maximum atomic E-state index is 12.1. The number of hydrogen-bond acceptors (Lipinski definition) is 3. The molecule has 24 heavy (non-hydrogen) atoms. The van der Waals surface area contributed by atoms with E-state index in [-0.39, 0.29) is 6.03 Å². The van der Waals surface area contributed by atoms with Gasteiger partial charge in [0.25, 0.3) is 0 Å². The van der Waals surface area contributed by atoms with Gasteiger partial charge in [0.05, 0.1) is 12.8 Å². The molecular weight excluding hydrogens is 302 g/mol. The van der Waals surface area contributed by atoms with Crippen molar-refractivity contribution in [2.24, 2.45) is 5.92 Å². The minimum absolute atomic E-state index is 0.136. The van der Waals surface area contributed by atoms with Crippen LogP contribution in [0.3, 0.4) is 0 Å². The second kappa shape index (κ2) is 7.53. The van der Waals surface area contributed by atoms with Gasteiger partial charge in [-0.05, 0) is 68.1 Å². The lowest BCUT2D eigenvalue weighted by Crippen LogP contribution is -2.34. The van der Waals surface area contributed by atoms with Crippen molar-refractivity contribution in [3.8, 4) is 0 Å². The third-order valence-electron chi connectivity index (χ3n) is 4.65. The summed E-state index contributed by atoms with van der Waals surface area (Å²) in [6.45, 7) is 7.69. The van der Waals surface area contributed by atoms with Gasteiger partial charge < -0.3 is 15.1 Å². The molecular formula is C19H25N3O2. The quantitative estimate of drug-likeness (QED) is 0.883. The fourth-order valence-corrected chi connectivity index (χ4v) is 3.08. The molecule has 2 aromatic rings. The van der Waals surface area contributed by atoms with E-state index >= 15 is 0 Å². The van der Waals surface area contributed by atoms with Gasteiger partial charge >= 0.3 is 6.03 Å². The predicted octanol–water partition coefficient (Wildman–Crippen LogP) is 3.54. The van der Waals surface area contributed by atoms with Gasteiger partial charge in [-0.25, -0.2) is 4.79 Å². The lowest BCUT2D eigenvalue weighted by molar-refractivity contribution is 0.249. The zero-order valence-electron chi connectivity index (χ0n) is 14.3. The van der Waals surface area contributed by atoms with Crippen LogP contribution in [-0.4, -0.2) is 30.6 Å². The molecule has 1 unspecified atom stereocenters. The molecule has 1 aromatic heterocycles. The summed E-state index contributed by atoms with van der Waals surface area (Å²) in [5, 5.41) is 5.89. The Morgan fingerprint density at radius 1 is 1.29 bits per heavy atom. The van der Waals surface area contributed by atoms with Gasteiger partial charge in [-0.3, -0.25) is 4.90 Å². The molecule has 0 aliphatic carbocycles. The van der Waals surface area contributed by atoms with Crippen molar-refractivity contribution in [3.63, 3.8) is 0 Å². The predicted molar refractivity (Wildman–Crippen MR) is 95.0 cm³/mol. The number of hydrogen-bond donors (Lipinski definition) is 2. The lowest BCUT2D eigenvalue weighted by atomic mass is 10.1. The number of carbonyl (C=O) groups is 1. The smallest absolute Gasteiger partial charge is 0.319 e. The number of rotatable bonds is 5. The fourth-order valence-electron chi connectivity index (χ4n) is 3.08. The summed E-state index contributed by atoms with van der Waals surface area (Å²) in [4.78, 5) is 14.4. The van der Waals surface area contributed by atoms with Gasteiger partial charge in [0, 0.05) is 18.8 Å². The number of anilines is 1. The topological polar surface area (TPSA) is 57.5 Å². The standard InChI is InChI=1S/C19H25N3O2/c1-14-5-6-17(10-15(14)2)21-19(23)20-11-16-7-8-22(12-16)13-18-4-3-9-24-18/h3-6,9-10,16H,7-8,11-13H2,1-2H3,(H2,20,21,23). The zero-order chi connectivity index (χ0) is 16.9. The van der Waals surface area contributed by atoms with Crippen LogP contribution < -0.4 is 10.6 Å². The molecule has 2 N–H and O–H groups in total. The van der Waals surface area contributed by atoms with Gasteiger partial charge in [-0.1, -0.05) is 6.07 Å². The van der Waals surface area contributed by atoms with Crippen LogP contribution in [-0.2, 0) is 6.54 Å². The van der Waals surface area contributed by atoms with Crippen LogP contribution >= 0.6 is 0 Å². The molecule has 1 aliphatic heterocycles. The normalized spacial score (nSPS) is 17.8. The van der Waals surface area contributed by atoms with Crippen LogP contribution in [0, 0.1) is 19.8 Å². The highest BCUT2D eigenvalue weighted by molar-refractivity contribution is 5.89. The monoisotopic (exact) mass is 327 g/mol.